The quantitative estimate of drug-likeness (QED) is 0.638. The van der Waals surface area contributed by atoms with Crippen molar-refractivity contribution in [3.8, 4) is 0 Å². The number of hydrogen-bond acceptors (Lipinski definition) is 3. The van der Waals surface area contributed by atoms with Gasteiger partial charge in [-0.2, -0.15) is 0 Å². The molecule has 0 amide bonds. The standard InChI is InChI=1S/C14H19FIN3/c15-11-7-14(13(17)8-12(11)16)19-6-3-10(9-19)18-4-1-2-5-18/h7-8,10H,1-6,9,17H2. The average molecular weight is 375 g/mol. The van der Waals surface area contributed by atoms with Gasteiger partial charge in [-0.15, -0.1) is 0 Å². The zero-order chi connectivity index (χ0) is 13.4. The van der Waals surface area contributed by atoms with Crippen LogP contribution < -0.4 is 10.6 Å². The van der Waals surface area contributed by atoms with Crippen LogP contribution in [-0.4, -0.2) is 37.1 Å². The van der Waals surface area contributed by atoms with Gasteiger partial charge < -0.3 is 10.6 Å². The molecule has 2 aliphatic heterocycles. The molecule has 19 heavy (non-hydrogen) atoms. The molecular formula is C14H19FIN3. The summed E-state index contributed by atoms with van der Waals surface area (Å²) in [6.07, 6.45) is 3.79. The summed E-state index contributed by atoms with van der Waals surface area (Å²) in [5.74, 6) is -0.172. The number of nitrogens with two attached hydrogens (primary N) is 1. The topological polar surface area (TPSA) is 32.5 Å². The first-order valence-corrected chi connectivity index (χ1v) is 7.96. The maximum Gasteiger partial charge on any atom is 0.138 e. The maximum absolute atomic E-state index is 13.7. The van der Waals surface area contributed by atoms with Crippen LogP contribution in [0.25, 0.3) is 0 Å². The lowest BCUT2D eigenvalue weighted by Gasteiger charge is -2.25. The van der Waals surface area contributed by atoms with E-state index >= 15 is 0 Å². The predicted octanol–water partition coefficient (Wildman–Crippen LogP) is 2.69. The van der Waals surface area contributed by atoms with Crippen LogP contribution >= 0.6 is 22.6 Å². The number of nitrogen functional groups attached to an aromatic ring is 1. The molecule has 3 rings (SSSR count). The third-order valence-corrected chi connectivity index (χ3v) is 5.06. The largest absolute Gasteiger partial charge is 0.397 e. The summed E-state index contributed by atoms with van der Waals surface area (Å²) in [4.78, 5) is 4.80. The molecule has 2 heterocycles. The molecular weight excluding hydrogens is 356 g/mol. The fourth-order valence-electron chi connectivity index (χ4n) is 3.19. The van der Waals surface area contributed by atoms with E-state index in [-0.39, 0.29) is 5.82 Å². The summed E-state index contributed by atoms with van der Waals surface area (Å²) in [6.45, 7) is 4.39. The molecule has 0 saturated carbocycles. The van der Waals surface area contributed by atoms with Gasteiger partial charge in [0.15, 0.2) is 0 Å². The number of anilines is 2. The highest BCUT2D eigenvalue weighted by Gasteiger charge is 2.30. The van der Waals surface area contributed by atoms with E-state index in [0.29, 0.717) is 15.3 Å². The number of halogens is 2. The highest BCUT2D eigenvalue weighted by Crippen LogP contribution is 2.31. The van der Waals surface area contributed by atoms with Crippen LogP contribution in [0.4, 0.5) is 15.8 Å². The smallest absolute Gasteiger partial charge is 0.138 e. The van der Waals surface area contributed by atoms with Crippen LogP contribution in [0.1, 0.15) is 19.3 Å². The highest BCUT2D eigenvalue weighted by molar-refractivity contribution is 14.1. The second-order valence-electron chi connectivity index (χ2n) is 5.46. The van der Waals surface area contributed by atoms with E-state index in [1.807, 2.05) is 22.6 Å². The third-order valence-electron chi connectivity index (χ3n) is 4.23. The molecule has 0 bridgehead atoms. The first kappa shape index (κ1) is 13.4. The molecule has 0 aliphatic carbocycles. The molecule has 2 aliphatic rings. The Bertz CT molecular complexity index is 474. The summed E-state index contributed by atoms with van der Waals surface area (Å²) in [7, 11) is 0. The van der Waals surface area contributed by atoms with Crippen LogP contribution in [0.5, 0.6) is 0 Å². The Labute approximate surface area is 127 Å². The van der Waals surface area contributed by atoms with E-state index in [9.17, 15) is 4.39 Å². The van der Waals surface area contributed by atoms with Crippen molar-refractivity contribution in [3.05, 3.63) is 21.5 Å². The lowest BCUT2D eigenvalue weighted by Crippen LogP contribution is -2.35. The second kappa shape index (κ2) is 5.44. The predicted molar refractivity (Wildman–Crippen MR) is 85.0 cm³/mol. The van der Waals surface area contributed by atoms with E-state index < -0.39 is 0 Å². The van der Waals surface area contributed by atoms with Gasteiger partial charge in [-0.05, 0) is 61.0 Å². The molecule has 0 spiro atoms. The highest BCUT2D eigenvalue weighted by atomic mass is 127. The Kier molecular flexibility index (Phi) is 3.84. The summed E-state index contributed by atoms with van der Waals surface area (Å²) in [5.41, 5.74) is 7.59. The zero-order valence-corrected chi connectivity index (χ0v) is 13.1. The van der Waals surface area contributed by atoms with Crippen LogP contribution in [0.15, 0.2) is 12.1 Å². The van der Waals surface area contributed by atoms with E-state index in [1.54, 1.807) is 12.1 Å². The summed E-state index contributed by atoms with van der Waals surface area (Å²) < 4.78 is 14.3. The number of benzene rings is 1. The molecule has 2 fully saturated rings. The number of hydrogen-bond donors (Lipinski definition) is 1. The van der Waals surface area contributed by atoms with Crippen molar-refractivity contribution >= 4 is 34.0 Å². The molecule has 1 aromatic carbocycles. The number of likely N-dealkylation sites (tertiary alicyclic amines) is 1. The van der Waals surface area contributed by atoms with Gasteiger partial charge in [-0.1, -0.05) is 0 Å². The minimum Gasteiger partial charge on any atom is -0.397 e. The van der Waals surface area contributed by atoms with Crippen molar-refractivity contribution < 1.29 is 4.39 Å². The van der Waals surface area contributed by atoms with Crippen molar-refractivity contribution in [2.45, 2.75) is 25.3 Å². The van der Waals surface area contributed by atoms with Gasteiger partial charge >= 0.3 is 0 Å². The molecule has 1 atom stereocenters. The molecule has 104 valence electrons. The van der Waals surface area contributed by atoms with Gasteiger partial charge in [-0.25, -0.2) is 4.39 Å². The molecule has 1 aromatic rings. The Morgan fingerprint density at radius 2 is 1.95 bits per heavy atom. The van der Waals surface area contributed by atoms with Gasteiger partial charge in [0.25, 0.3) is 0 Å². The molecule has 0 aromatic heterocycles. The summed E-state index contributed by atoms with van der Waals surface area (Å²) >= 11 is 1.98. The van der Waals surface area contributed by atoms with Crippen LogP contribution in [0.2, 0.25) is 0 Å². The fourth-order valence-corrected chi connectivity index (χ4v) is 3.68. The lowest BCUT2D eigenvalue weighted by molar-refractivity contribution is 0.260. The Morgan fingerprint density at radius 3 is 2.68 bits per heavy atom. The second-order valence-corrected chi connectivity index (χ2v) is 6.62. The lowest BCUT2D eigenvalue weighted by atomic mass is 10.2. The Balaban J connectivity index is 1.75. The molecule has 3 nitrogen and oxygen atoms in total. The first-order valence-electron chi connectivity index (χ1n) is 6.88. The Morgan fingerprint density at radius 1 is 1.21 bits per heavy atom. The molecule has 2 saturated heterocycles. The monoisotopic (exact) mass is 375 g/mol. The van der Waals surface area contributed by atoms with Crippen molar-refractivity contribution in [2.24, 2.45) is 0 Å². The summed E-state index contributed by atoms with van der Waals surface area (Å²) in [5, 5.41) is 0. The maximum atomic E-state index is 13.7. The van der Waals surface area contributed by atoms with Crippen LogP contribution in [-0.2, 0) is 0 Å². The van der Waals surface area contributed by atoms with Crippen LogP contribution in [0.3, 0.4) is 0 Å². The Hall–Kier alpha value is -0.560. The number of rotatable bonds is 2. The normalized spacial score (nSPS) is 24.3. The van der Waals surface area contributed by atoms with Crippen LogP contribution in [0, 0.1) is 9.39 Å². The molecule has 5 heteroatoms. The van der Waals surface area contributed by atoms with Gasteiger partial charge in [0.05, 0.1) is 14.9 Å². The van der Waals surface area contributed by atoms with Crippen molar-refractivity contribution in [3.63, 3.8) is 0 Å². The van der Waals surface area contributed by atoms with E-state index in [1.165, 1.54) is 25.9 Å². The molecule has 2 N–H and O–H groups in total. The van der Waals surface area contributed by atoms with E-state index in [4.69, 9.17) is 5.73 Å². The van der Waals surface area contributed by atoms with Crippen molar-refractivity contribution in [2.75, 3.05) is 36.8 Å². The molecule has 1 unspecified atom stereocenters. The van der Waals surface area contributed by atoms with E-state index in [2.05, 4.69) is 9.80 Å². The molecule has 0 radical (unpaired) electrons. The zero-order valence-electron chi connectivity index (χ0n) is 10.9. The van der Waals surface area contributed by atoms with Gasteiger partial charge in [0.2, 0.25) is 0 Å². The van der Waals surface area contributed by atoms with Crippen molar-refractivity contribution in [1.82, 2.24) is 4.90 Å². The summed E-state index contributed by atoms with van der Waals surface area (Å²) in [6, 6.07) is 3.93. The number of nitrogens with zero attached hydrogens (tertiary/aromatic N) is 2. The van der Waals surface area contributed by atoms with E-state index in [0.717, 1.165) is 25.2 Å². The average Bonchev–Trinajstić information content (AvgIpc) is 3.03. The fraction of sp³-hybridized carbons (Fsp3) is 0.571. The van der Waals surface area contributed by atoms with Crippen molar-refractivity contribution in [1.29, 1.82) is 0 Å². The minimum absolute atomic E-state index is 0.172. The first-order chi connectivity index (χ1) is 9.15. The third kappa shape index (κ3) is 2.67. The van der Waals surface area contributed by atoms with Gasteiger partial charge in [0.1, 0.15) is 5.82 Å². The van der Waals surface area contributed by atoms with Gasteiger partial charge in [-0.3, -0.25) is 4.90 Å². The van der Waals surface area contributed by atoms with Gasteiger partial charge in [0, 0.05) is 25.2 Å². The SMILES string of the molecule is Nc1cc(I)c(F)cc1N1CCC(N2CCCC2)C1. The minimum atomic E-state index is -0.172.